The maximum atomic E-state index is 9.11. The molecule has 1 aromatic carbocycles. The van der Waals surface area contributed by atoms with Gasteiger partial charge in [0.1, 0.15) is 5.75 Å². The van der Waals surface area contributed by atoms with Crippen LogP contribution in [-0.2, 0) is 0 Å². The Morgan fingerprint density at radius 1 is 1.22 bits per heavy atom. The van der Waals surface area contributed by atoms with E-state index in [-0.39, 0.29) is 18.8 Å². The van der Waals surface area contributed by atoms with Gasteiger partial charge in [0, 0.05) is 12.6 Å². The molecule has 1 unspecified atom stereocenters. The molecule has 3 heteroatoms. The van der Waals surface area contributed by atoms with Crippen molar-refractivity contribution in [2.45, 2.75) is 45.8 Å². The maximum absolute atomic E-state index is 9.11. The second-order valence-corrected chi connectivity index (χ2v) is 4.75. The van der Waals surface area contributed by atoms with Gasteiger partial charge in [-0.3, -0.25) is 0 Å². The summed E-state index contributed by atoms with van der Waals surface area (Å²) >= 11 is 0. The monoisotopic (exact) mass is 251 g/mol. The predicted molar refractivity (Wildman–Crippen MR) is 74.9 cm³/mol. The predicted octanol–water partition coefficient (Wildman–Crippen LogP) is 2.90. The van der Waals surface area contributed by atoms with E-state index < -0.39 is 0 Å². The minimum absolute atomic E-state index is 0.197. The Labute approximate surface area is 110 Å². The van der Waals surface area contributed by atoms with Crippen molar-refractivity contribution in [3.05, 3.63) is 29.8 Å². The van der Waals surface area contributed by atoms with Crippen molar-refractivity contribution in [1.29, 1.82) is 0 Å². The van der Waals surface area contributed by atoms with Gasteiger partial charge in [0.05, 0.1) is 6.10 Å². The van der Waals surface area contributed by atoms with Crippen LogP contribution in [0.1, 0.15) is 45.2 Å². The van der Waals surface area contributed by atoms with E-state index in [0.717, 1.165) is 25.1 Å². The number of aliphatic hydroxyl groups excluding tert-OH is 1. The molecule has 0 fully saturated rings. The van der Waals surface area contributed by atoms with Crippen LogP contribution in [-0.4, -0.2) is 24.4 Å². The third-order valence-electron chi connectivity index (χ3n) is 2.71. The summed E-state index contributed by atoms with van der Waals surface area (Å²) in [5.41, 5.74) is 1.20. The number of nitrogens with one attached hydrogen (secondary N) is 1. The van der Waals surface area contributed by atoms with Crippen LogP contribution in [0, 0.1) is 0 Å². The molecule has 0 amide bonds. The minimum atomic E-state index is 0.197. The number of hydrogen-bond acceptors (Lipinski definition) is 3. The highest BCUT2D eigenvalue weighted by Gasteiger charge is 2.10. The summed E-state index contributed by atoms with van der Waals surface area (Å²) in [4.78, 5) is 0. The average molecular weight is 251 g/mol. The van der Waals surface area contributed by atoms with Crippen LogP contribution >= 0.6 is 0 Å². The summed E-state index contributed by atoms with van der Waals surface area (Å²) < 4.78 is 5.62. The zero-order valence-corrected chi connectivity index (χ0v) is 11.6. The highest BCUT2D eigenvalue weighted by molar-refractivity contribution is 5.29. The molecule has 18 heavy (non-hydrogen) atoms. The minimum Gasteiger partial charge on any atom is -0.491 e. The molecule has 0 radical (unpaired) electrons. The fourth-order valence-corrected chi connectivity index (χ4v) is 1.89. The van der Waals surface area contributed by atoms with Gasteiger partial charge in [0.2, 0.25) is 0 Å². The summed E-state index contributed by atoms with van der Waals surface area (Å²) in [6.07, 6.45) is 2.03. The first kappa shape index (κ1) is 15.0. The van der Waals surface area contributed by atoms with Crippen molar-refractivity contribution in [2.75, 3.05) is 13.2 Å². The van der Waals surface area contributed by atoms with Crippen molar-refractivity contribution in [3.8, 4) is 5.75 Å². The lowest BCUT2D eigenvalue weighted by atomic mass is 10.0. The van der Waals surface area contributed by atoms with Crippen LogP contribution in [0.5, 0.6) is 5.75 Å². The number of aliphatic hydroxyl groups is 1. The molecule has 0 bridgehead atoms. The van der Waals surface area contributed by atoms with Gasteiger partial charge in [-0.25, -0.2) is 0 Å². The highest BCUT2D eigenvalue weighted by Crippen LogP contribution is 2.20. The van der Waals surface area contributed by atoms with Crippen LogP contribution in [0.2, 0.25) is 0 Å². The van der Waals surface area contributed by atoms with Crippen molar-refractivity contribution < 1.29 is 9.84 Å². The topological polar surface area (TPSA) is 41.5 Å². The third-order valence-corrected chi connectivity index (χ3v) is 2.71. The highest BCUT2D eigenvalue weighted by atomic mass is 16.5. The van der Waals surface area contributed by atoms with E-state index in [1.807, 2.05) is 26.0 Å². The van der Waals surface area contributed by atoms with E-state index in [1.54, 1.807) is 0 Å². The second kappa shape index (κ2) is 8.11. The van der Waals surface area contributed by atoms with Gasteiger partial charge in [-0.05, 0) is 50.9 Å². The quantitative estimate of drug-likeness (QED) is 0.746. The first-order valence-corrected chi connectivity index (χ1v) is 6.78. The van der Waals surface area contributed by atoms with Crippen LogP contribution in [0.25, 0.3) is 0 Å². The average Bonchev–Trinajstić information content (AvgIpc) is 2.35. The Balaban J connectivity index is 2.67. The van der Waals surface area contributed by atoms with Crippen molar-refractivity contribution in [2.24, 2.45) is 0 Å². The molecule has 3 nitrogen and oxygen atoms in total. The van der Waals surface area contributed by atoms with E-state index in [1.165, 1.54) is 5.56 Å². The van der Waals surface area contributed by atoms with Gasteiger partial charge >= 0.3 is 0 Å². The normalized spacial score (nSPS) is 12.7. The van der Waals surface area contributed by atoms with Crippen LogP contribution in [0.3, 0.4) is 0 Å². The van der Waals surface area contributed by atoms with Gasteiger partial charge in [-0.15, -0.1) is 0 Å². The largest absolute Gasteiger partial charge is 0.491 e. The summed E-state index contributed by atoms with van der Waals surface area (Å²) in [6, 6.07) is 8.35. The van der Waals surface area contributed by atoms with Gasteiger partial charge < -0.3 is 15.2 Å². The smallest absolute Gasteiger partial charge is 0.119 e. The molecule has 0 heterocycles. The van der Waals surface area contributed by atoms with E-state index in [9.17, 15) is 0 Å². The van der Waals surface area contributed by atoms with Crippen LogP contribution in [0.4, 0.5) is 0 Å². The van der Waals surface area contributed by atoms with Gasteiger partial charge in [0.25, 0.3) is 0 Å². The molecular formula is C15H25NO2. The lowest BCUT2D eigenvalue weighted by Crippen LogP contribution is -2.23. The zero-order valence-electron chi connectivity index (χ0n) is 11.6. The number of benzene rings is 1. The summed E-state index contributed by atoms with van der Waals surface area (Å²) in [7, 11) is 0. The number of ether oxygens (including phenoxy) is 1. The molecule has 1 aromatic rings. The van der Waals surface area contributed by atoms with Crippen LogP contribution < -0.4 is 10.1 Å². The zero-order chi connectivity index (χ0) is 13.4. The van der Waals surface area contributed by atoms with Crippen LogP contribution in [0.15, 0.2) is 24.3 Å². The maximum Gasteiger partial charge on any atom is 0.119 e. The second-order valence-electron chi connectivity index (χ2n) is 4.75. The summed E-state index contributed by atoms with van der Waals surface area (Å²) in [5, 5.41) is 12.6. The van der Waals surface area contributed by atoms with E-state index in [0.29, 0.717) is 0 Å². The fraction of sp³-hybridized carbons (Fsp3) is 0.600. The molecule has 0 aliphatic heterocycles. The van der Waals surface area contributed by atoms with Gasteiger partial charge in [-0.1, -0.05) is 19.1 Å². The Hall–Kier alpha value is -1.06. The molecule has 0 saturated heterocycles. The van der Waals surface area contributed by atoms with E-state index >= 15 is 0 Å². The van der Waals surface area contributed by atoms with Gasteiger partial charge in [-0.2, -0.15) is 0 Å². The van der Waals surface area contributed by atoms with E-state index in [2.05, 4.69) is 24.4 Å². The first-order valence-electron chi connectivity index (χ1n) is 6.78. The van der Waals surface area contributed by atoms with Gasteiger partial charge in [0.15, 0.2) is 0 Å². The number of rotatable bonds is 8. The number of hydrogen-bond donors (Lipinski definition) is 2. The Bertz CT molecular complexity index is 322. The van der Waals surface area contributed by atoms with Crippen molar-refractivity contribution >= 4 is 0 Å². The molecule has 102 valence electrons. The van der Waals surface area contributed by atoms with Crippen molar-refractivity contribution in [3.63, 3.8) is 0 Å². The Morgan fingerprint density at radius 3 is 2.39 bits per heavy atom. The lowest BCUT2D eigenvalue weighted by Gasteiger charge is -2.18. The van der Waals surface area contributed by atoms with E-state index in [4.69, 9.17) is 9.84 Å². The first-order chi connectivity index (χ1) is 8.67. The molecule has 0 saturated carbocycles. The summed E-state index contributed by atoms with van der Waals surface area (Å²) in [6.45, 7) is 7.35. The Morgan fingerprint density at radius 2 is 1.89 bits per heavy atom. The standard InChI is InChI=1S/C15H25NO2/c1-4-10-16-15(9-11-17)13-5-7-14(8-6-13)18-12(2)3/h5-8,12,15-17H,4,9-11H2,1-3H3. The Kier molecular flexibility index (Phi) is 6.76. The van der Waals surface area contributed by atoms with Crippen molar-refractivity contribution in [1.82, 2.24) is 5.32 Å². The molecule has 0 aliphatic carbocycles. The third kappa shape index (κ3) is 5.07. The SMILES string of the molecule is CCCNC(CCO)c1ccc(OC(C)C)cc1. The molecule has 1 atom stereocenters. The molecule has 0 aromatic heterocycles. The molecule has 2 N–H and O–H groups in total. The molecule has 0 spiro atoms. The molecule has 1 rings (SSSR count). The fourth-order valence-electron chi connectivity index (χ4n) is 1.89. The molecule has 0 aliphatic rings. The molecular weight excluding hydrogens is 226 g/mol. The lowest BCUT2D eigenvalue weighted by molar-refractivity contribution is 0.242. The summed E-state index contributed by atoms with van der Waals surface area (Å²) in [5.74, 6) is 0.895.